The van der Waals surface area contributed by atoms with Crippen molar-refractivity contribution in [1.29, 1.82) is 0 Å². The zero-order chi connectivity index (χ0) is 27.2. The highest BCUT2D eigenvalue weighted by Gasteiger charge is 2.65. The van der Waals surface area contributed by atoms with Gasteiger partial charge in [-0.25, -0.2) is 4.79 Å². The molecule has 0 spiro atoms. The van der Waals surface area contributed by atoms with Crippen LogP contribution in [-0.2, 0) is 14.4 Å². The molecular weight excluding hydrogens is 436 g/mol. The minimum Gasteiger partial charge on any atom is -0.481 e. The SMILES string of the molecule is CC(C)(C)CCCC(C(=O)O)C(O)(C(=O)O)C(CCCC(C)(C)C)(CCCC(C)(C)C)C(=O)O. The van der Waals surface area contributed by atoms with E-state index in [2.05, 4.69) is 0 Å². The number of carboxylic acids is 3. The van der Waals surface area contributed by atoms with Crippen LogP contribution in [0, 0.1) is 27.6 Å². The van der Waals surface area contributed by atoms with Crippen molar-refractivity contribution in [1.82, 2.24) is 0 Å². The van der Waals surface area contributed by atoms with Crippen molar-refractivity contribution in [2.45, 2.75) is 126 Å². The molecule has 0 fully saturated rings. The molecule has 0 amide bonds. The summed E-state index contributed by atoms with van der Waals surface area (Å²) >= 11 is 0. The molecule has 200 valence electrons. The van der Waals surface area contributed by atoms with E-state index >= 15 is 0 Å². The summed E-state index contributed by atoms with van der Waals surface area (Å²) in [5, 5.41) is 42.4. The number of rotatable bonds is 14. The van der Waals surface area contributed by atoms with Crippen LogP contribution < -0.4 is 0 Å². The van der Waals surface area contributed by atoms with Crippen molar-refractivity contribution in [3.63, 3.8) is 0 Å². The second kappa shape index (κ2) is 11.9. The molecule has 0 aromatic rings. The monoisotopic (exact) mass is 486 g/mol. The lowest BCUT2D eigenvalue weighted by Gasteiger charge is -2.45. The van der Waals surface area contributed by atoms with Crippen molar-refractivity contribution in [2.24, 2.45) is 27.6 Å². The van der Waals surface area contributed by atoms with Gasteiger partial charge in [0.15, 0.2) is 5.60 Å². The van der Waals surface area contributed by atoms with Gasteiger partial charge in [0, 0.05) is 0 Å². The summed E-state index contributed by atoms with van der Waals surface area (Å²) in [6.45, 7) is 18.0. The van der Waals surface area contributed by atoms with Crippen LogP contribution in [0.3, 0.4) is 0 Å². The number of carboxylic acid groups (broad SMARTS) is 3. The van der Waals surface area contributed by atoms with E-state index in [4.69, 9.17) is 0 Å². The Morgan fingerprint density at radius 2 is 0.941 bits per heavy atom. The molecule has 0 aliphatic rings. The van der Waals surface area contributed by atoms with E-state index < -0.39 is 34.8 Å². The summed E-state index contributed by atoms with van der Waals surface area (Å²) < 4.78 is 0. The van der Waals surface area contributed by atoms with Crippen LogP contribution in [0.25, 0.3) is 0 Å². The lowest BCUT2D eigenvalue weighted by atomic mass is 9.59. The van der Waals surface area contributed by atoms with Gasteiger partial charge in [-0.1, -0.05) is 81.6 Å². The predicted octanol–water partition coefficient (Wildman–Crippen LogP) is 6.22. The highest BCUT2D eigenvalue weighted by molar-refractivity contribution is 5.93. The lowest BCUT2D eigenvalue weighted by Crippen LogP contribution is -2.64. The molecule has 0 heterocycles. The molecule has 2 atom stereocenters. The second-order valence-electron chi connectivity index (χ2n) is 13.6. The van der Waals surface area contributed by atoms with Crippen LogP contribution in [0.5, 0.6) is 0 Å². The van der Waals surface area contributed by atoms with Gasteiger partial charge in [-0.3, -0.25) is 9.59 Å². The molecule has 0 radical (unpaired) electrons. The van der Waals surface area contributed by atoms with E-state index in [9.17, 15) is 34.8 Å². The first-order chi connectivity index (χ1) is 15.1. The van der Waals surface area contributed by atoms with Gasteiger partial charge in [0.05, 0.1) is 5.92 Å². The minimum absolute atomic E-state index is 0.102. The summed E-state index contributed by atoms with van der Waals surface area (Å²) in [6, 6.07) is 0. The summed E-state index contributed by atoms with van der Waals surface area (Å²) in [6.07, 6.45) is 2.67. The van der Waals surface area contributed by atoms with Gasteiger partial charge in [-0.05, 0) is 54.8 Å². The second-order valence-corrected chi connectivity index (χ2v) is 13.6. The van der Waals surface area contributed by atoms with Gasteiger partial charge in [0.2, 0.25) is 0 Å². The van der Waals surface area contributed by atoms with E-state index in [1.807, 2.05) is 62.3 Å². The number of hydrogen-bond donors (Lipinski definition) is 4. The topological polar surface area (TPSA) is 132 Å². The Balaban J connectivity index is 6.53. The standard InChI is InChI=1S/C27H50O7/c1-23(2,3)14-10-13-19(20(28)29)27(34,22(32)33)26(21(30)31,17-11-15-24(4,5)6)18-12-16-25(7,8)9/h19,34H,10-18H2,1-9H3,(H,28,29)(H,30,31)(H,32,33). The van der Waals surface area contributed by atoms with Gasteiger partial charge >= 0.3 is 17.9 Å². The number of aliphatic hydroxyl groups is 1. The minimum atomic E-state index is -2.93. The molecule has 0 saturated carbocycles. The largest absolute Gasteiger partial charge is 0.481 e. The molecule has 34 heavy (non-hydrogen) atoms. The Labute approximate surface area is 206 Å². The smallest absolute Gasteiger partial charge is 0.337 e. The third kappa shape index (κ3) is 9.55. The van der Waals surface area contributed by atoms with Crippen molar-refractivity contribution in [3.05, 3.63) is 0 Å². The lowest BCUT2D eigenvalue weighted by molar-refractivity contribution is -0.208. The average molecular weight is 487 g/mol. The summed E-state index contributed by atoms with van der Waals surface area (Å²) in [5.74, 6) is -6.42. The Morgan fingerprint density at radius 1 is 0.588 bits per heavy atom. The number of aliphatic carboxylic acids is 3. The molecule has 0 aliphatic carbocycles. The fourth-order valence-corrected chi connectivity index (χ4v) is 4.76. The maximum absolute atomic E-state index is 12.8. The molecular formula is C27H50O7. The molecule has 0 saturated heterocycles. The first kappa shape index (κ1) is 32.4. The molecule has 7 heteroatoms. The maximum Gasteiger partial charge on any atom is 0.337 e. The normalized spacial score (nSPS) is 16.1. The average Bonchev–Trinajstić information content (AvgIpc) is 2.59. The Morgan fingerprint density at radius 3 is 1.21 bits per heavy atom. The summed E-state index contributed by atoms with van der Waals surface area (Å²) in [7, 11) is 0. The van der Waals surface area contributed by atoms with E-state index in [0.717, 1.165) is 0 Å². The van der Waals surface area contributed by atoms with E-state index in [0.29, 0.717) is 38.5 Å². The van der Waals surface area contributed by atoms with E-state index in [-0.39, 0.29) is 35.5 Å². The Bertz CT molecular complexity index is 671. The highest BCUT2D eigenvalue weighted by Crippen LogP contribution is 2.49. The van der Waals surface area contributed by atoms with E-state index in [1.54, 1.807) is 0 Å². The molecule has 0 aromatic carbocycles. The van der Waals surface area contributed by atoms with Crippen molar-refractivity contribution >= 4 is 17.9 Å². The fraction of sp³-hybridized carbons (Fsp3) is 0.889. The van der Waals surface area contributed by atoms with Gasteiger partial charge in [-0.2, -0.15) is 0 Å². The first-order valence-electron chi connectivity index (χ1n) is 12.5. The molecule has 0 aromatic heterocycles. The summed E-state index contributed by atoms with van der Waals surface area (Å²) in [5.41, 5.74) is -5.38. The van der Waals surface area contributed by atoms with Crippen LogP contribution in [-0.4, -0.2) is 43.9 Å². The quantitative estimate of drug-likeness (QED) is 0.229. The van der Waals surface area contributed by atoms with Gasteiger partial charge in [0.1, 0.15) is 5.41 Å². The predicted molar refractivity (Wildman–Crippen MR) is 134 cm³/mol. The van der Waals surface area contributed by atoms with E-state index in [1.165, 1.54) is 0 Å². The molecule has 0 bridgehead atoms. The van der Waals surface area contributed by atoms with Crippen LogP contribution in [0.15, 0.2) is 0 Å². The Hall–Kier alpha value is -1.63. The van der Waals surface area contributed by atoms with Gasteiger partial charge in [0.25, 0.3) is 0 Å². The van der Waals surface area contributed by atoms with Crippen LogP contribution in [0.1, 0.15) is 120 Å². The number of hydrogen-bond acceptors (Lipinski definition) is 4. The zero-order valence-corrected chi connectivity index (χ0v) is 23.0. The van der Waals surface area contributed by atoms with Crippen molar-refractivity contribution < 1.29 is 34.8 Å². The van der Waals surface area contributed by atoms with Crippen LogP contribution in [0.4, 0.5) is 0 Å². The molecule has 0 aliphatic heterocycles. The first-order valence-corrected chi connectivity index (χ1v) is 12.5. The highest BCUT2D eigenvalue weighted by atomic mass is 16.4. The third-order valence-electron chi connectivity index (χ3n) is 6.75. The van der Waals surface area contributed by atoms with Crippen LogP contribution >= 0.6 is 0 Å². The van der Waals surface area contributed by atoms with Crippen molar-refractivity contribution in [2.75, 3.05) is 0 Å². The molecule has 4 N–H and O–H groups in total. The summed E-state index contributed by atoms with van der Waals surface area (Å²) in [4.78, 5) is 37.8. The Kier molecular flexibility index (Phi) is 11.3. The molecule has 7 nitrogen and oxygen atoms in total. The molecule has 0 rings (SSSR count). The number of carbonyl (C=O) groups is 3. The van der Waals surface area contributed by atoms with Gasteiger partial charge in [-0.15, -0.1) is 0 Å². The zero-order valence-electron chi connectivity index (χ0n) is 23.0. The van der Waals surface area contributed by atoms with Crippen LogP contribution in [0.2, 0.25) is 0 Å². The third-order valence-corrected chi connectivity index (χ3v) is 6.75. The fourth-order valence-electron chi connectivity index (χ4n) is 4.76. The maximum atomic E-state index is 12.8. The van der Waals surface area contributed by atoms with Crippen molar-refractivity contribution in [3.8, 4) is 0 Å². The molecule has 2 unspecified atom stereocenters. The van der Waals surface area contributed by atoms with Gasteiger partial charge < -0.3 is 20.4 Å².